The number of nitrogens with one attached hydrogen (secondary N) is 1. The van der Waals surface area contributed by atoms with E-state index in [9.17, 15) is 4.79 Å². The highest BCUT2D eigenvalue weighted by Crippen LogP contribution is 2.25. The van der Waals surface area contributed by atoms with Crippen LogP contribution < -0.4 is 19.5 Å². The number of hydrogen-bond acceptors (Lipinski definition) is 7. The van der Waals surface area contributed by atoms with Crippen LogP contribution in [0.25, 0.3) is 11.1 Å². The molecule has 1 N–H and O–H groups in total. The zero-order valence-corrected chi connectivity index (χ0v) is 32.7. The van der Waals surface area contributed by atoms with Gasteiger partial charge in [0, 0.05) is 11.8 Å². The number of nitrogens with zero attached hydrogens (tertiary/aromatic N) is 1. The van der Waals surface area contributed by atoms with Crippen LogP contribution in [0, 0.1) is 33.1 Å². The quantitative estimate of drug-likeness (QED) is 0.0996. The van der Waals surface area contributed by atoms with Gasteiger partial charge in [-0.2, -0.15) is 0 Å². The number of benzene rings is 6. The first-order chi connectivity index (χ1) is 27.2. The van der Waals surface area contributed by atoms with E-state index in [0.29, 0.717) is 11.3 Å². The minimum Gasteiger partial charge on any atom is -0.497 e. The number of carbonyl (C=O) groups is 1. The van der Waals surface area contributed by atoms with Gasteiger partial charge in [-0.05, 0) is 98.1 Å². The first-order valence-electron chi connectivity index (χ1n) is 18.0. The largest absolute Gasteiger partial charge is 0.497 e. The standard InChI is InChI=1S/C21H18O3.C12H14N2O.C9H8O.C7H8/c1-15-3-5-18(6-4-15)21(22)24-20-13-9-17(10-14-20)16-7-11-19(23-2)12-8-16;1-9-3-5-10(6-4-9)12-13-7-11(15-2)8-14-12;1-3-8-4-6-9(10-2)7-5-8;1-7-5-3-2-4-6-7/h3-14H,1-2H3;3-8,12-13H,1-2H3;1,4-7H,2H3;2-6H,1H3. The molecule has 0 radical (unpaired) electrons. The van der Waals surface area contributed by atoms with Gasteiger partial charge in [-0.3, -0.25) is 4.99 Å². The summed E-state index contributed by atoms with van der Waals surface area (Å²) in [6.07, 6.45) is 8.72. The summed E-state index contributed by atoms with van der Waals surface area (Å²) in [5.41, 5.74) is 8.38. The molecule has 0 saturated heterocycles. The molecule has 0 saturated carbocycles. The van der Waals surface area contributed by atoms with Crippen molar-refractivity contribution in [3.05, 3.63) is 197 Å². The van der Waals surface area contributed by atoms with Gasteiger partial charge in [0.15, 0.2) is 5.76 Å². The Bertz CT molecular complexity index is 2170. The number of aryl methyl sites for hydroxylation is 3. The van der Waals surface area contributed by atoms with Crippen LogP contribution in [0.2, 0.25) is 0 Å². The van der Waals surface area contributed by atoms with Crippen molar-refractivity contribution in [3.8, 4) is 40.7 Å². The average molecular weight is 745 g/mol. The molecule has 0 aliphatic carbocycles. The van der Waals surface area contributed by atoms with Crippen molar-refractivity contribution in [2.75, 3.05) is 21.3 Å². The molecule has 0 fully saturated rings. The van der Waals surface area contributed by atoms with Gasteiger partial charge in [-0.1, -0.05) is 114 Å². The number of esters is 1. The first kappa shape index (κ1) is 41.7. The molecule has 56 heavy (non-hydrogen) atoms. The third-order valence-electron chi connectivity index (χ3n) is 8.34. The highest BCUT2D eigenvalue weighted by molar-refractivity contribution is 5.91. The Morgan fingerprint density at radius 1 is 0.589 bits per heavy atom. The summed E-state index contributed by atoms with van der Waals surface area (Å²) in [7, 11) is 4.91. The first-order valence-corrected chi connectivity index (χ1v) is 18.0. The highest BCUT2D eigenvalue weighted by Gasteiger charge is 2.11. The van der Waals surface area contributed by atoms with Gasteiger partial charge in [0.1, 0.15) is 23.4 Å². The van der Waals surface area contributed by atoms with Crippen LogP contribution in [0.3, 0.4) is 0 Å². The Balaban J connectivity index is 0.000000184. The number of aliphatic imine (C=N–C) groups is 1. The molecule has 284 valence electrons. The fourth-order valence-electron chi connectivity index (χ4n) is 5.01. The summed E-state index contributed by atoms with van der Waals surface area (Å²) in [6.45, 7) is 6.14. The van der Waals surface area contributed by atoms with Crippen LogP contribution in [0.15, 0.2) is 169 Å². The number of terminal acetylenes is 1. The molecule has 1 unspecified atom stereocenters. The lowest BCUT2D eigenvalue weighted by Crippen LogP contribution is -2.18. The number of methoxy groups -OCH3 is 3. The Kier molecular flexibility index (Phi) is 16.6. The minimum atomic E-state index is -0.354. The molecule has 1 heterocycles. The summed E-state index contributed by atoms with van der Waals surface area (Å²) in [5.74, 6) is 5.10. The van der Waals surface area contributed by atoms with Gasteiger partial charge in [-0.25, -0.2) is 4.79 Å². The molecule has 6 aromatic rings. The SMILES string of the molecule is C#Cc1ccc(OC)cc1.COC1=CNC(c2ccc(C)cc2)N=C1.COc1ccc(-c2ccc(OC(=O)c3ccc(C)cc3)cc2)cc1.Cc1ccccc1. The fourth-order valence-corrected chi connectivity index (χ4v) is 5.01. The smallest absolute Gasteiger partial charge is 0.343 e. The van der Waals surface area contributed by atoms with Crippen LogP contribution in [-0.2, 0) is 4.74 Å². The van der Waals surface area contributed by atoms with E-state index in [0.717, 1.165) is 45.1 Å². The molecule has 1 aliphatic rings. The molecular formula is C49H48N2O5. The molecule has 0 aromatic heterocycles. The van der Waals surface area contributed by atoms with Crippen molar-refractivity contribution in [1.82, 2.24) is 5.32 Å². The monoisotopic (exact) mass is 744 g/mol. The van der Waals surface area contributed by atoms with E-state index >= 15 is 0 Å². The van der Waals surface area contributed by atoms with Gasteiger partial charge in [0.05, 0.1) is 33.1 Å². The second-order valence-corrected chi connectivity index (χ2v) is 12.5. The number of ether oxygens (including phenoxy) is 4. The van der Waals surface area contributed by atoms with Crippen LogP contribution >= 0.6 is 0 Å². The second-order valence-electron chi connectivity index (χ2n) is 12.5. The summed E-state index contributed by atoms with van der Waals surface area (Å²) < 4.78 is 20.6. The van der Waals surface area contributed by atoms with E-state index in [1.165, 1.54) is 11.1 Å². The highest BCUT2D eigenvalue weighted by atomic mass is 16.5. The molecular weight excluding hydrogens is 697 g/mol. The molecule has 7 rings (SSSR count). The van der Waals surface area contributed by atoms with Crippen molar-refractivity contribution in [1.29, 1.82) is 0 Å². The van der Waals surface area contributed by atoms with Crippen LogP contribution in [0.4, 0.5) is 0 Å². The average Bonchev–Trinajstić information content (AvgIpc) is 3.25. The van der Waals surface area contributed by atoms with Gasteiger partial charge in [-0.15, -0.1) is 6.42 Å². The van der Waals surface area contributed by atoms with Gasteiger partial charge in [0.25, 0.3) is 0 Å². The van der Waals surface area contributed by atoms with Crippen molar-refractivity contribution in [3.63, 3.8) is 0 Å². The lowest BCUT2D eigenvalue weighted by molar-refractivity contribution is 0.0734. The lowest BCUT2D eigenvalue weighted by Gasteiger charge is -2.17. The molecule has 0 amide bonds. The predicted octanol–water partition coefficient (Wildman–Crippen LogP) is 10.7. The predicted molar refractivity (Wildman–Crippen MR) is 227 cm³/mol. The summed E-state index contributed by atoms with van der Waals surface area (Å²) >= 11 is 0. The molecule has 6 aromatic carbocycles. The Labute approximate surface area is 331 Å². The Morgan fingerprint density at radius 3 is 1.50 bits per heavy atom. The van der Waals surface area contributed by atoms with E-state index in [-0.39, 0.29) is 12.1 Å². The Hall–Kier alpha value is -7.04. The summed E-state index contributed by atoms with van der Waals surface area (Å²) in [4.78, 5) is 16.5. The molecule has 1 aliphatic heterocycles. The molecule has 7 heteroatoms. The fraction of sp³-hybridized carbons (Fsp3) is 0.143. The maximum Gasteiger partial charge on any atom is 0.343 e. The van der Waals surface area contributed by atoms with Crippen molar-refractivity contribution < 1.29 is 23.7 Å². The summed E-state index contributed by atoms with van der Waals surface area (Å²) in [5, 5.41) is 3.17. The number of allylic oxidation sites excluding steroid dienone is 1. The maximum absolute atomic E-state index is 12.1. The maximum atomic E-state index is 12.1. The van der Waals surface area contributed by atoms with E-state index in [2.05, 4.69) is 66.5 Å². The van der Waals surface area contributed by atoms with E-state index in [1.807, 2.05) is 104 Å². The Morgan fingerprint density at radius 2 is 1.07 bits per heavy atom. The molecule has 1 atom stereocenters. The zero-order valence-electron chi connectivity index (χ0n) is 32.7. The number of hydrogen-bond donors (Lipinski definition) is 1. The topological polar surface area (TPSA) is 78.4 Å². The van der Waals surface area contributed by atoms with Crippen LogP contribution in [-0.4, -0.2) is 33.5 Å². The van der Waals surface area contributed by atoms with E-state index < -0.39 is 0 Å². The van der Waals surface area contributed by atoms with Crippen molar-refractivity contribution in [2.45, 2.75) is 26.9 Å². The number of carbonyl (C=O) groups excluding carboxylic acids is 1. The molecule has 7 nitrogen and oxygen atoms in total. The third kappa shape index (κ3) is 13.7. The lowest BCUT2D eigenvalue weighted by atomic mass is 10.1. The van der Waals surface area contributed by atoms with Gasteiger partial charge >= 0.3 is 5.97 Å². The van der Waals surface area contributed by atoms with E-state index in [4.69, 9.17) is 25.4 Å². The van der Waals surface area contributed by atoms with Gasteiger partial charge in [0.2, 0.25) is 0 Å². The van der Waals surface area contributed by atoms with Crippen molar-refractivity contribution in [2.24, 2.45) is 4.99 Å². The third-order valence-corrected chi connectivity index (χ3v) is 8.34. The molecule has 0 bridgehead atoms. The van der Waals surface area contributed by atoms with E-state index in [1.54, 1.807) is 51.8 Å². The second kappa shape index (κ2) is 22.2. The number of rotatable bonds is 7. The van der Waals surface area contributed by atoms with Crippen LogP contribution in [0.1, 0.15) is 44.3 Å². The zero-order chi connectivity index (χ0) is 40.1. The minimum absolute atomic E-state index is 0.00417. The summed E-state index contributed by atoms with van der Waals surface area (Å²) in [6, 6.07) is 48.6. The molecule has 0 spiro atoms. The van der Waals surface area contributed by atoms with Crippen LogP contribution in [0.5, 0.6) is 17.2 Å². The van der Waals surface area contributed by atoms with Gasteiger partial charge < -0.3 is 24.3 Å². The van der Waals surface area contributed by atoms with Crippen molar-refractivity contribution >= 4 is 12.2 Å². The normalized spacial score (nSPS) is 12.2.